The zero-order chi connectivity index (χ0) is 14.4. The molecule has 0 aliphatic carbocycles. The van der Waals surface area contributed by atoms with Gasteiger partial charge in [0.1, 0.15) is 11.6 Å². The number of rotatable bonds is 6. The highest BCUT2D eigenvalue weighted by atomic mass is 19.1. The van der Waals surface area contributed by atoms with Gasteiger partial charge in [-0.25, -0.2) is 4.39 Å². The van der Waals surface area contributed by atoms with Crippen molar-refractivity contribution in [3.8, 4) is 5.75 Å². The summed E-state index contributed by atoms with van der Waals surface area (Å²) < 4.78 is 18.8. The zero-order valence-corrected chi connectivity index (χ0v) is 11.6. The molecule has 0 spiro atoms. The predicted molar refractivity (Wildman–Crippen MR) is 77.3 cm³/mol. The number of ether oxygens (including phenoxy) is 1. The van der Waals surface area contributed by atoms with E-state index in [2.05, 4.69) is 12.1 Å². The fourth-order valence-corrected chi connectivity index (χ4v) is 2.08. The van der Waals surface area contributed by atoms with Crippen LogP contribution < -0.4 is 4.74 Å². The van der Waals surface area contributed by atoms with Crippen molar-refractivity contribution in [2.24, 2.45) is 0 Å². The number of hydrogen-bond acceptors (Lipinski definition) is 2. The highest BCUT2D eigenvalue weighted by Crippen LogP contribution is 2.26. The molecule has 1 N–H and O–H groups in total. The van der Waals surface area contributed by atoms with Gasteiger partial charge in [0.25, 0.3) is 0 Å². The van der Waals surface area contributed by atoms with Crippen LogP contribution in [0.25, 0.3) is 0 Å². The van der Waals surface area contributed by atoms with E-state index in [4.69, 9.17) is 4.74 Å². The van der Waals surface area contributed by atoms with E-state index in [-0.39, 0.29) is 5.82 Å². The van der Waals surface area contributed by atoms with E-state index in [1.54, 1.807) is 13.0 Å². The fourth-order valence-electron chi connectivity index (χ4n) is 2.08. The number of aliphatic hydroxyl groups is 1. The largest absolute Gasteiger partial charge is 0.493 e. The lowest BCUT2D eigenvalue weighted by atomic mass is 10.1. The Labute approximate surface area is 118 Å². The first-order chi connectivity index (χ1) is 9.66. The summed E-state index contributed by atoms with van der Waals surface area (Å²) in [6.45, 7) is 2.14. The summed E-state index contributed by atoms with van der Waals surface area (Å²) in [6, 6.07) is 14.4. The molecular weight excluding hydrogens is 255 g/mol. The summed E-state index contributed by atoms with van der Waals surface area (Å²) in [4.78, 5) is 0. The molecule has 2 aromatic rings. The van der Waals surface area contributed by atoms with Crippen molar-refractivity contribution in [3.63, 3.8) is 0 Å². The average Bonchev–Trinajstić information content (AvgIpc) is 2.44. The molecular formula is C17H19FO2. The molecule has 0 unspecified atom stereocenters. The first kappa shape index (κ1) is 14.5. The van der Waals surface area contributed by atoms with E-state index >= 15 is 0 Å². The molecule has 0 amide bonds. The normalized spacial score (nSPS) is 12.2. The van der Waals surface area contributed by atoms with Crippen LogP contribution in [0.15, 0.2) is 48.5 Å². The molecule has 0 bridgehead atoms. The Hall–Kier alpha value is -1.87. The van der Waals surface area contributed by atoms with Gasteiger partial charge in [-0.2, -0.15) is 0 Å². The summed E-state index contributed by atoms with van der Waals surface area (Å²) in [5.74, 6) is 0.0699. The van der Waals surface area contributed by atoms with E-state index in [1.165, 1.54) is 17.7 Å². The summed E-state index contributed by atoms with van der Waals surface area (Å²) in [6.07, 6.45) is 1.10. The van der Waals surface area contributed by atoms with Gasteiger partial charge in [0.15, 0.2) is 0 Å². The molecule has 0 aromatic heterocycles. The Morgan fingerprint density at radius 3 is 2.60 bits per heavy atom. The van der Waals surface area contributed by atoms with Crippen LogP contribution >= 0.6 is 0 Å². The van der Waals surface area contributed by atoms with Crippen molar-refractivity contribution in [2.75, 3.05) is 6.61 Å². The topological polar surface area (TPSA) is 29.5 Å². The van der Waals surface area contributed by atoms with Crippen LogP contribution in [0.4, 0.5) is 4.39 Å². The van der Waals surface area contributed by atoms with Crippen molar-refractivity contribution in [1.82, 2.24) is 0 Å². The zero-order valence-electron chi connectivity index (χ0n) is 11.6. The molecule has 3 heteroatoms. The number of halogens is 1. The van der Waals surface area contributed by atoms with Crippen molar-refractivity contribution < 1.29 is 14.2 Å². The van der Waals surface area contributed by atoms with E-state index in [0.29, 0.717) is 17.9 Å². The molecule has 1 atom stereocenters. The van der Waals surface area contributed by atoms with E-state index in [9.17, 15) is 9.50 Å². The van der Waals surface area contributed by atoms with Gasteiger partial charge in [-0.05, 0) is 37.5 Å². The van der Waals surface area contributed by atoms with Crippen LogP contribution in [-0.4, -0.2) is 11.7 Å². The number of aryl methyl sites for hydroxylation is 1. The van der Waals surface area contributed by atoms with Crippen LogP contribution in [0.3, 0.4) is 0 Å². The van der Waals surface area contributed by atoms with E-state index in [1.807, 2.05) is 18.2 Å². The van der Waals surface area contributed by atoms with E-state index in [0.717, 1.165) is 12.8 Å². The molecule has 0 fully saturated rings. The van der Waals surface area contributed by atoms with Crippen molar-refractivity contribution in [3.05, 3.63) is 65.5 Å². The second-order valence-corrected chi connectivity index (χ2v) is 4.80. The third-order valence-electron chi connectivity index (χ3n) is 3.14. The molecule has 0 saturated carbocycles. The van der Waals surface area contributed by atoms with Gasteiger partial charge >= 0.3 is 0 Å². The minimum atomic E-state index is -0.667. The molecule has 106 valence electrons. The first-order valence-electron chi connectivity index (χ1n) is 6.81. The van der Waals surface area contributed by atoms with E-state index < -0.39 is 6.10 Å². The minimum Gasteiger partial charge on any atom is -0.493 e. The fraction of sp³-hybridized carbons (Fsp3) is 0.294. The lowest BCUT2D eigenvalue weighted by molar-refractivity contribution is 0.190. The second kappa shape index (κ2) is 7.06. The Morgan fingerprint density at radius 2 is 1.90 bits per heavy atom. The average molecular weight is 274 g/mol. The maximum absolute atomic E-state index is 13.2. The third-order valence-corrected chi connectivity index (χ3v) is 3.14. The summed E-state index contributed by atoms with van der Waals surface area (Å²) in [5.41, 5.74) is 1.87. The second-order valence-electron chi connectivity index (χ2n) is 4.80. The third kappa shape index (κ3) is 4.07. The van der Waals surface area contributed by atoms with Gasteiger partial charge < -0.3 is 9.84 Å². The lowest BCUT2D eigenvalue weighted by Crippen LogP contribution is -2.04. The minimum absolute atomic E-state index is 0.354. The van der Waals surface area contributed by atoms with Gasteiger partial charge in [0, 0.05) is 11.6 Å². The monoisotopic (exact) mass is 274 g/mol. The van der Waals surface area contributed by atoms with Crippen LogP contribution in [0, 0.1) is 5.82 Å². The van der Waals surface area contributed by atoms with Crippen LogP contribution in [-0.2, 0) is 6.42 Å². The lowest BCUT2D eigenvalue weighted by Gasteiger charge is -2.13. The number of aliphatic hydroxyl groups excluding tert-OH is 1. The van der Waals surface area contributed by atoms with Crippen molar-refractivity contribution in [2.45, 2.75) is 25.9 Å². The predicted octanol–water partition coefficient (Wildman–Crippen LogP) is 3.89. The molecule has 0 radical (unpaired) electrons. The highest BCUT2D eigenvalue weighted by molar-refractivity contribution is 5.35. The van der Waals surface area contributed by atoms with Crippen LogP contribution in [0.1, 0.15) is 30.6 Å². The molecule has 0 aliphatic heterocycles. The Morgan fingerprint density at radius 1 is 1.15 bits per heavy atom. The van der Waals surface area contributed by atoms with Gasteiger partial charge in [0.05, 0.1) is 12.7 Å². The van der Waals surface area contributed by atoms with Crippen LogP contribution in [0.5, 0.6) is 5.75 Å². The van der Waals surface area contributed by atoms with Gasteiger partial charge in [-0.1, -0.05) is 30.3 Å². The molecule has 2 rings (SSSR count). The molecule has 0 heterocycles. The number of hydrogen-bond donors (Lipinski definition) is 1. The summed E-state index contributed by atoms with van der Waals surface area (Å²) in [7, 11) is 0. The molecule has 2 aromatic carbocycles. The molecule has 0 saturated heterocycles. The summed E-state index contributed by atoms with van der Waals surface area (Å²) >= 11 is 0. The number of benzene rings is 2. The molecule has 0 aliphatic rings. The van der Waals surface area contributed by atoms with Crippen molar-refractivity contribution in [1.29, 1.82) is 0 Å². The molecule has 2 nitrogen and oxygen atoms in total. The van der Waals surface area contributed by atoms with Gasteiger partial charge in [-0.3, -0.25) is 0 Å². The first-order valence-corrected chi connectivity index (χ1v) is 6.81. The van der Waals surface area contributed by atoms with Gasteiger partial charge in [0.2, 0.25) is 0 Å². The Kier molecular flexibility index (Phi) is 5.13. The standard InChI is InChI=1S/C17H19FO2/c1-13(19)16-10-9-15(18)12-17(16)20-11-5-8-14-6-3-2-4-7-14/h2-4,6-7,9-10,12-13,19H,5,8,11H2,1H3/t13-/m0/s1. The SMILES string of the molecule is C[C@H](O)c1ccc(F)cc1OCCCc1ccccc1. The quantitative estimate of drug-likeness (QED) is 0.810. The Bertz CT molecular complexity index is 538. The maximum Gasteiger partial charge on any atom is 0.127 e. The smallest absolute Gasteiger partial charge is 0.127 e. The van der Waals surface area contributed by atoms with Crippen molar-refractivity contribution >= 4 is 0 Å². The highest BCUT2D eigenvalue weighted by Gasteiger charge is 2.10. The van der Waals surface area contributed by atoms with Gasteiger partial charge in [-0.15, -0.1) is 0 Å². The summed E-state index contributed by atoms with van der Waals surface area (Å²) in [5, 5.41) is 9.63. The molecule has 20 heavy (non-hydrogen) atoms. The maximum atomic E-state index is 13.2. The van der Waals surface area contributed by atoms with Crippen LogP contribution in [0.2, 0.25) is 0 Å². The Balaban J connectivity index is 1.89.